The van der Waals surface area contributed by atoms with Crippen molar-refractivity contribution in [3.8, 4) is 5.75 Å². The molecule has 2 aromatic rings. The van der Waals surface area contributed by atoms with Crippen LogP contribution < -0.4 is 4.74 Å². The molecule has 2 aromatic carbocycles. The molecule has 1 aliphatic carbocycles. The summed E-state index contributed by atoms with van der Waals surface area (Å²) < 4.78 is 6.08. The zero-order valence-electron chi connectivity index (χ0n) is 11.5. The molecular formula is C17H22O. The van der Waals surface area contributed by atoms with E-state index in [9.17, 15) is 0 Å². The first-order valence-corrected chi connectivity index (χ1v) is 6.99. The number of hydrogen-bond donors (Lipinski definition) is 0. The molecule has 0 aliphatic heterocycles. The average molecular weight is 242 g/mol. The van der Waals surface area contributed by atoms with E-state index in [-0.39, 0.29) is 0 Å². The maximum Gasteiger partial charge on any atom is 0.127 e. The molecule has 18 heavy (non-hydrogen) atoms. The van der Waals surface area contributed by atoms with E-state index < -0.39 is 0 Å². The van der Waals surface area contributed by atoms with Crippen molar-refractivity contribution in [3.63, 3.8) is 0 Å². The molecule has 0 saturated heterocycles. The van der Waals surface area contributed by atoms with Gasteiger partial charge in [-0.3, -0.25) is 0 Å². The Bertz CT molecular complexity index is 498. The third-order valence-electron chi connectivity index (χ3n) is 3.57. The van der Waals surface area contributed by atoms with Crippen LogP contribution in [0.4, 0.5) is 0 Å². The molecule has 0 amide bonds. The van der Waals surface area contributed by atoms with Crippen LogP contribution >= 0.6 is 0 Å². The molecule has 0 unspecified atom stereocenters. The average Bonchev–Trinajstić information content (AvgIpc) is 2.45. The highest BCUT2D eigenvalue weighted by atomic mass is 16.5. The smallest absolute Gasteiger partial charge is 0.127 e. The van der Waals surface area contributed by atoms with E-state index >= 15 is 0 Å². The van der Waals surface area contributed by atoms with Gasteiger partial charge in [-0.05, 0) is 30.2 Å². The zero-order valence-corrected chi connectivity index (χ0v) is 11.5. The summed E-state index contributed by atoms with van der Waals surface area (Å²) in [4.78, 5) is 0. The number of benzene rings is 2. The molecule has 0 N–H and O–H groups in total. The summed E-state index contributed by atoms with van der Waals surface area (Å²) in [6.07, 6.45) is 2.92. The van der Waals surface area contributed by atoms with Gasteiger partial charge < -0.3 is 4.74 Å². The van der Waals surface area contributed by atoms with Gasteiger partial charge in [0.15, 0.2) is 0 Å². The van der Waals surface area contributed by atoms with E-state index in [2.05, 4.69) is 49.4 Å². The van der Waals surface area contributed by atoms with E-state index in [0.717, 1.165) is 5.75 Å². The number of hydrogen-bond acceptors (Lipinski definition) is 1. The van der Waals surface area contributed by atoms with Gasteiger partial charge in [0, 0.05) is 5.39 Å². The van der Waals surface area contributed by atoms with Crippen LogP contribution in [0.25, 0.3) is 10.8 Å². The lowest BCUT2D eigenvalue weighted by Gasteiger charge is -2.34. The van der Waals surface area contributed by atoms with E-state index in [1.807, 2.05) is 13.8 Å². The molecule has 0 aromatic heterocycles. The van der Waals surface area contributed by atoms with E-state index in [1.165, 1.54) is 23.6 Å². The van der Waals surface area contributed by atoms with Crippen molar-refractivity contribution in [2.45, 2.75) is 39.7 Å². The fourth-order valence-electron chi connectivity index (χ4n) is 2.27. The minimum atomic E-state index is 0.422. The Balaban J connectivity index is 0.000000574. The van der Waals surface area contributed by atoms with Crippen LogP contribution in [0.2, 0.25) is 0 Å². The summed E-state index contributed by atoms with van der Waals surface area (Å²) in [7, 11) is 0. The maximum atomic E-state index is 6.08. The maximum absolute atomic E-state index is 6.08. The summed E-state index contributed by atoms with van der Waals surface area (Å²) in [5.41, 5.74) is 0. The highest BCUT2D eigenvalue weighted by Gasteiger charge is 2.28. The van der Waals surface area contributed by atoms with Crippen molar-refractivity contribution >= 4 is 10.8 Å². The van der Waals surface area contributed by atoms with Gasteiger partial charge in [0.05, 0.1) is 0 Å². The molecular weight excluding hydrogens is 220 g/mol. The Labute approximate surface area is 110 Å². The van der Waals surface area contributed by atoms with Crippen LogP contribution in [0.15, 0.2) is 42.5 Å². The van der Waals surface area contributed by atoms with Crippen molar-refractivity contribution in [3.05, 3.63) is 42.5 Å². The van der Waals surface area contributed by atoms with E-state index in [4.69, 9.17) is 4.74 Å². The van der Waals surface area contributed by atoms with Crippen LogP contribution in [0, 0.1) is 5.92 Å². The fraction of sp³-hybridized carbons (Fsp3) is 0.412. The lowest BCUT2D eigenvalue weighted by atomic mass is 9.83. The normalized spacial score (nSPS) is 21.7. The number of rotatable bonds is 2. The van der Waals surface area contributed by atoms with Crippen LogP contribution in [0.3, 0.4) is 0 Å². The molecule has 1 aliphatic rings. The Kier molecular flexibility index (Phi) is 4.24. The molecule has 1 saturated carbocycles. The molecule has 0 spiro atoms. The molecule has 3 rings (SSSR count). The van der Waals surface area contributed by atoms with E-state index in [0.29, 0.717) is 12.0 Å². The van der Waals surface area contributed by atoms with Gasteiger partial charge in [-0.2, -0.15) is 0 Å². The van der Waals surface area contributed by atoms with Crippen molar-refractivity contribution < 1.29 is 4.74 Å². The molecule has 1 fully saturated rings. The lowest BCUT2D eigenvalue weighted by molar-refractivity contribution is 0.0591. The molecule has 0 bridgehead atoms. The van der Waals surface area contributed by atoms with Gasteiger partial charge in [0.1, 0.15) is 11.9 Å². The zero-order chi connectivity index (χ0) is 13.0. The molecule has 1 heteroatoms. The fourth-order valence-corrected chi connectivity index (χ4v) is 2.27. The monoisotopic (exact) mass is 242 g/mol. The standard InChI is InChI=1S/C15H16O.C2H6/c1-11-9-10-14(11)16-15-8-4-6-12-5-2-3-7-13(12)15;1-2/h2-8,11,14H,9-10H2,1H3;1-2H3/t11-,14-;/m1./s1. The summed E-state index contributed by atoms with van der Waals surface area (Å²) >= 11 is 0. The SMILES string of the molecule is CC.C[C@@H]1CC[C@H]1Oc1cccc2ccccc12. The van der Waals surface area contributed by atoms with Gasteiger partial charge in [0.25, 0.3) is 0 Å². The van der Waals surface area contributed by atoms with Crippen molar-refractivity contribution in [1.82, 2.24) is 0 Å². The predicted octanol–water partition coefficient (Wildman–Crippen LogP) is 5.04. The Hall–Kier alpha value is -1.50. The van der Waals surface area contributed by atoms with Gasteiger partial charge >= 0.3 is 0 Å². The highest BCUT2D eigenvalue weighted by Crippen LogP contribution is 2.34. The molecule has 0 heterocycles. The predicted molar refractivity (Wildman–Crippen MR) is 78.1 cm³/mol. The molecule has 2 atom stereocenters. The molecule has 1 nitrogen and oxygen atoms in total. The highest BCUT2D eigenvalue weighted by molar-refractivity contribution is 5.88. The van der Waals surface area contributed by atoms with E-state index in [1.54, 1.807) is 0 Å². The number of ether oxygens (including phenoxy) is 1. The summed E-state index contributed by atoms with van der Waals surface area (Å²) in [6.45, 7) is 6.26. The summed E-state index contributed by atoms with van der Waals surface area (Å²) in [6, 6.07) is 14.7. The third-order valence-corrected chi connectivity index (χ3v) is 3.57. The first kappa shape index (κ1) is 12.9. The summed E-state index contributed by atoms with van der Waals surface area (Å²) in [5, 5.41) is 2.48. The van der Waals surface area contributed by atoms with Crippen molar-refractivity contribution in [2.24, 2.45) is 5.92 Å². The Morgan fingerprint density at radius 3 is 2.33 bits per heavy atom. The third kappa shape index (κ3) is 2.50. The van der Waals surface area contributed by atoms with Crippen LogP contribution in [-0.4, -0.2) is 6.10 Å². The minimum absolute atomic E-state index is 0.422. The molecule has 0 radical (unpaired) electrons. The second kappa shape index (κ2) is 5.90. The largest absolute Gasteiger partial charge is 0.490 e. The van der Waals surface area contributed by atoms with Crippen LogP contribution in [0.5, 0.6) is 5.75 Å². The van der Waals surface area contributed by atoms with Gasteiger partial charge in [-0.1, -0.05) is 57.2 Å². The van der Waals surface area contributed by atoms with Crippen LogP contribution in [-0.2, 0) is 0 Å². The van der Waals surface area contributed by atoms with Gasteiger partial charge in [0.2, 0.25) is 0 Å². The number of fused-ring (bicyclic) bond motifs is 1. The van der Waals surface area contributed by atoms with Gasteiger partial charge in [-0.15, -0.1) is 0 Å². The molecule has 96 valence electrons. The van der Waals surface area contributed by atoms with Gasteiger partial charge in [-0.25, -0.2) is 0 Å². The van der Waals surface area contributed by atoms with Crippen LogP contribution in [0.1, 0.15) is 33.6 Å². The minimum Gasteiger partial charge on any atom is -0.490 e. The second-order valence-corrected chi connectivity index (χ2v) is 4.69. The topological polar surface area (TPSA) is 9.23 Å². The van der Waals surface area contributed by atoms with Crippen molar-refractivity contribution in [1.29, 1.82) is 0 Å². The first-order chi connectivity index (χ1) is 8.84. The quantitative estimate of drug-likeness (QED) is 0.716. The summed E-state index contributed by atoms with van der Waals surface area (Å²) in [5.74, 6) is 1.74. The second-order valence-electron chi connectivity index (χ2n) is 4.69. The van der Waals surface area contributed by atoms with Crippen molar-refractivity contribution in [2.75, 3.05) is 0 Å². The Morgan fingerprint density at radius 1 is 0.944 bits per heavy atom. The lowest BCUT2D eigenvalue weighted by Crippen LogP contribution is -2.34. The Morgan fingerprint density at radius 2 is 1.67 bits per heavy atom. The first-order valence-electron chi connectivity index (χ1n) is 6.99.